The largest absolute Gasteiger partial charge is 0.491 e. The van der Waals surface area contributed by atoms with E-state index in [9.17, 15) is 32.4 Å². The second-order valence-corrected chi connectivity index (χ2v) is 17.0. The maximum Gasteiger partial charge on any atom is 0.270 e. The normalized spacial score (nSPS) is 29.8. The molecule has 3 aliphatic heterocycles. The van der Waals surface area contributed by atoms with E-state index in [0.717, 1.165) is 37.5 Å². The second kappa shape index (κ2) is 15.4. The van der Waals surface area contributed by atoms with Gasteiger partial charge in [0, 0.05) is 30.3 Å². The summed E-state index contributed by atoms with van der Waals surface area (Å²) in [5.41, 5.74) is -0.811. The molecule has 0 spiro atoms. The van der Waals surface area contributed by atoms with Gasteiger partial charge >= 0.3 is 0 Å². The Kier molecular flexibility index (Phi) is 10.7. The number of fused-ring (bicyclic) bond motifs is 4. The van der Waals surface area contributed by atoms with Crippen LogP contribution in [0.4, 0.5) is 0 Å². The molecular formula is C38H48N6O8S. The number of amides is 5. The van der Waals surface area contributed by atoms with Crippen LogP contribution in [0, 0.1) is 5.92 Å². The molecule has 5 amide bonds. The van der Waals surface area contributed by atoms with E-state index >= 15 is 0 Å². The number of ether oxygens (including phenoxy) is 1. The molecule has 7 rings (SSSR count). The Hall–Kier alpha value is -4.53. The summed E-state index contributed by atoms with van der Waals surface area (Å²) >= 11 is 0. The summed E-state index contributed by atoms with van der Waals surface area (Å²) in [6.07, 6.45) is 11.7. The first kappa shape index (κ1) is 36.8. The van der Waals surface area contributed by atoms with Crippen molar-refractivity contribution in [2.24, 2.45) is 5.92 Å². The summed E-state index contributed by atoms with van der Waals surface area (Å²) in [6, 6.07) is 6.32. The van der Waals surface area contributed by atoms with E-state index in [4.69, 9.17) is 4.74 Å². The molecule has 5 bridgehead atoms. The topological polar surface area (TPSA) is 193 Å². The molecule has 3 fully saturated rings. The summed E-state index contributed by atoms with van der Waals surface area (Å²) in [7, 11) is -3.89. The smallest absolute Gasteiger partial charge is 0.270 e. The number of aromatic nitrogens is 1. The lowest BCUT2D eigenvalue weighted by Crippen LogP contribution is -2.58. The van der Waals surface area contributed by atoms with Gasteiger partial charge < -0.3 is 25.6 Å². The Morgan fingerprint density at radius 3 is 2.58 bits per heavy atom. The van der Waals surface area contributed by atoms with Gasteiger partial charge in [-0.2, -0.15) is 0 Å². The van der Waals surface area contributed by atoms with Gasteiger partial charge in [-0.25, -0.2) is 13.4 Å². The summed E-state index contributed by atoms with van der Waals surface area (Å²) < 4.78 is 33.9. The van der Waals surface area contributed by atoms with Crippen molar-refractivity contribution in [3.63, 3.8) is 0 Å². The number of nitrogens with one attached hydrogen (secondary N) is 4. The van der Waals surface area contributed by atoms with Gasteiger partial charge in [0.1, 0.15) is 34.6 Å². The van der Waals surface area contributed by atoms with Crippen LogP contribution in [0.2, 0.25) is 0 Å². The van der Waals surface area contributed by atoms with Crippen molar-refractivity contribution < 1.29 is 37.1 Å². The number of nitrogens with zero attached hydrogens (tertiary/aromatic N) is 2. The summed E-state index contributed by atoms with van der Waals surface area (Å²) in [5.74, 6) is -2.47. The van der Waals surface area contributed by atoms with Gasteiger partial charge in [0.05, 0.1) is 11.9 Å². The molecule has 2 aromatic rings. The van der Waals surface area contributed by atoms with E-state index in [1.54, 1.807) is 12.1 Å². The third-order valence-corrected chi connectivity index (χ3v) is 12.8. The van der Waals surface area contributed by atoms with Crippen molar-refractivity contribution in [2.45, 2.75) is 119 Å². The van der Waals surface area contributed by atoms with Crippen molar-refractivity contribution in [3.05, 3.63) is 48.2 Å². The molecule has 0 radical (unpaired) electrons. The second-order valence-electron chi connectivity index (χ2n) is 15.1. The predicted octanol–water partition coefficient (Wildman–Crippen LogP) is 2.77. The number of pyridine rings is 1. The summed E-state index contributed by atoms with van der Waals surface area (Å²) in [5, 5.41) is 8.95. The number of rotatable bonds is 3. The Bertz CT molecular complexity index is 1910. The zero-order chi connectivity index (χ0) is 37.2. The molecule has 1 aromatic heterocycles. The van der Waals surface area contributed by atoms with Gasteiger partial charge in [-0.15, -0.1) is 0 Å². The molecule has 15 heteroatoms. The molecule has 5 atom stereocenters. The highest BCUT2D eigenvalue weighted by molar-refractivity contribution is 7.91. The van der Waals surface area contributed by atoms with Crippen LogP contribution in [0.15, 0.2) is 42.5 Å². The highest BCUT2D eigenvalue weighted by atomic mass is 32.2. The van der Waals surface area contributed by atoms with Crippen LogP contribution in [0.3, 0.4) is 0 Å². The van der Waals surface area contributed by atoms with Gasteiger partial charge in [-0.3, -0.25) is 28.7 Å². The Labute approximate surface area is 309 Å². The number of hydrogen-bond acceptors (Lipinski definition) is 9. The standard InChI is InChI=1S/C38H48N6O8S/c45-32-15-8-4-5-9-20-52-31-14-10-11-24-16-19-28(41-33(24)31)34(46)39-26-21-30-35(47)42-38(37(49)43-53(50,51)27-17-18-27)22-25(38)12-6-2-1-3-7-13-29(40-32)36(48)44(30)23-26/h6,10-12,14,16,19,25-27,29-30H,1-5,7-9,13,15,17-18,20-23H2,(H,39,46)(H,40,45)(H,42,47)(H,43,49)/b12-6-/t25-,26-,29+,30+,38?/m1/s1. The van der Waals surface area contributed by atoms with Crippen LogP contribution in [0.1, 0.15) is 100 Å². The van der Waals surface area contributed by atoms with Crippen LogP contribution in [0.25, 0.3) is 10.9 Å². The monoisotopic (exact) mass is 748 g/mol. The maximum atomic E-state index is 14.4. The Balaban J connectivity index is 1.19. The maximum absolute atomic E-state index is 14.4. The number of allylic oxidation sites excluding steroid dienone is 1. The zero-order valence-electron chi connectivity index (χ0n) is 29.8. The SMILES string of the molecule is O=C1CCCCCCOc2cccc3ccc(nc23)C(=O)N[C@@H]2C[C@H]3C(=O)NC4(C(=O)NS(=O)(=O)C5CC5)C[C@H]4/C=C\CCCCC[C@H](N1)C(=O)N3C2. The minimum absolute atomic E-state index is 0.0183. The predicted molar refractivity (Wildman–Crippen MR) is 195 cm³/mol. The van der Waals surface area contributed by atoms with Crippen LogP contribution >= 0.6 is 0 Å². The van der Waals surface area contributed by atoms with Gasteiger partial charge in [-0.1, -0.05) is 56.0 Å². The third kappa shape index (κ3) is 8.34. The molecule has 284 valence electrons. The first-order valence-electron chi connectivity index (χ1n) is 19.0. The fourth-order valence-corrected chi connectivity index (χ4v) is 9.08. The number of hydrogen-bond donors (Lipinski definition) is 4. The van der Waals surface area contributed by atoms with E-state index in [0.29, 0.717) is 56.4 Å². The lowest BCUT2D eigenvalue weighted by molar-refractivity contribution is -0.142. The van der Waals surface area contributed by atoms with Gasteiger partial charge in [-0.05, 0) is 69.9 Å². The lowest BCUT2D eigenvalue weighted by atomic mass is 10.0. The van der Waals surface area contributed by atoms with Crippen LogP contribution in [-0.2, 0) is 29.2 Å². The van der Waals surface area contributed by atoms with Crippen molar-refractivity contribution in [1.29, 1.82) is 0 Å². The molecule has 4 N–H and O–H groups in total. The minimum Gasteiger partial charge on any atom is -0.491 e. The molecule has 5 aliphatic rings. The number of para-hydroxylation sites is 1. The fourth-order valence-electron chi connectivity index (χ4n) is 7.72. The van der Waals surface area contributed by atoms with Crippen molar-refractivity contribution in [3.8, 4) is 5.75 Å². The average molecular weight is 749 g/mol. The summed E-state index contributed by atoms with van der Waals surface area (Å²) in [4.78, 5) is 75.3. The highest BCUT2D eigenvalue weighted by Gasteiger charge is 2.62. The van der Waals surface area contributed by atoms with E-state index in [1.807, 2.05) is 30.4 Å². The van der Waals surface area contributed by atoms with Gasteiger partial charge in [0.25, 0.3) is 11.8 Å². The van der Waals surface area contributed by atoms with Crippen molar-refractivity contribution >= 4 is 50.5 Å². The van der Waals surface area contributed by atoms with Crippen LogP contribution in [-0.4, -0.2) is 89.9 Å². The van der Waals surface area contributed by atoms with Crippen LogP contribution in [0.5, 0.6) is 5.75 Å². The fraction of sp³-hybridized carbons (Fsp3) is 0.579. The number of carbonyl (C=O) groups excluding carboxylic acids is 5. The van der Waals surface area contributed by atoms with E-state index < -0.39 is 68.5 Å². The number of benzene rings is 1. The lowest BCUT2D eigenvalue weighted by Gasteiger charge is -2.30. The van der Waals surface area contributed by atoms with Gasteiger partial charge in [0.15, 0.2) is 0 Å². The first-order valence-corrected chi connectivity index (χ1v) is 20.6. The molecule has 14 nitrogen and oxygen atoms in total. The van der Waals surface area contributed by atoms with Gasteiger partial charge in [0.2, 0.25) is 27.7 Å². The molecule has 2 aliphatic carbocycles. The number of sulfonamides is 1. The quantitative estimate of drug-likeness (QED) is 0.342. The van der Waals surface area contributed by atoms with Crippen molar-refractivity contribution in [1.82, 2.24) is 30.6 Å². The minimum atomic E-state index is -3.89. The van der Waals surface area contributed by atoms with E-state index in [-0.39, 0.29) is 37.4 Å². The molecule has 2 saturated carbocycles. The zero-order valence-corrected chi connectivity index (χ0v) is 30.6. The first-order chi connectivity index (χ1) is 25.5. The molecule has 1 unspecified atom stereocenters. The van der Waals surface area contributed by atoms with E-state index in [1.165, 1.54) is 4.90 Å². The molecule has 1 aromatic carbocycles. The third-order valence-electron chi connectivity index (χ3n) is 11.0. The molecule has 4 heterocycles. The molecule has 53 heavy (non-hydrogen) atoms. The summed E-state index contributed by atoms with van der Waals surface area (Å²) in [6.45, 7) is 0.437. The highest BCUT2D eigenvalue weighted by Crippen LogP contribution is 2.46. The average Bonchev–Trinajstić information content (AvgIpc) is 4.06. The Morgan fingerprint density at radius 1 is 0.943 bits per heavy atom. The molecular weight excluding hydrogens is 701 g/mol. The number of carbonyl (C=O) groups is 5. The van der Waals surface area contributed by atoms with Crippen molar-refractivity contribution in [2.75, 3.05) is 13.2 Å². The van der Waals surface area contributed by atoms with Crippen LogP contribution < -0.4 is 25.4 Å². The van der Waals surface area contributed by atoms with E-state index in [2.05, 4.69) is 25.7 Å². The molecule has 1 saturated heterocycles. The Morgan fingerprint density at radius 2 is 1.75 bits per heavy atom.